The normalized spacial score (nSPS) is 16.8. The maximum absolute atomic E-state index is 13.4. The number of anilines is 2. The van der Waals surface area contributed by atoms with Gasteiger partial charge >= 0.3 is 6.18 Å². The number of sulfonamides is 1. The second-order valence-corrected chi connectivity index (χ2v) is 13.2. The van der Waals surface area contributed by atoms with Crippen LogP contribution in [0.2, 0.25) is 0 Å². The lowest BCUT2D eigenvalue weighted by Gasteiger charge is -2.35. The van der Waals surface area contributed by atoms with Gasteiger partial charge in [0.05, 0.1) is 36.0 Å². The molecule has 0 spiro atoms. The van der Waals surface area contributed by atoms with Gasteiger partial charge in [-0.3, -0.25) is 0 Å². The number of hydrogen-bond acceptors (Lipinski definition) is 7. The molecule has 0 saturated carbocycles. The summed E-state index contributed by atoms with van der Waals surface area (Å²) in [5.41, 5.74) is 1.36. The van der Waals surface area contributed by atoms with Gasteiger partial charge in [0, 0.05) is 25.9 Å². The molecule has 42 heavy (non-hydrogen) atoms. The molecule has 0 bridgehead atoms. The van der Waals surface area contributed by atoms with E-state index in [2.05, 4.69) is 15.3 Å². The number of methoxy groups -OCH3 is 1. The summed E-state index contributed by atoms with van der Waals surface area (Å²) in [5, 5.41) is 3.12. The Balaban J connectivity index is 1.23. The molecular weight excluding hydrogens is 594 g/mol. The number of hydrogen-bond donors (Lipinski definition) is 1. The van der Waals surface area contributed by atoms with Crippen LogP contribution in [0.25, 0.3) is 0 Å². The fraction of sp³-hybridized carbons (Fsp3) is 0.357. The topological polar surface area (TPSA) is 89.4 Å². The van der Waals surface area contributed by atoms with Crippen LogP contribution in [0.4, 0.5) is 28.4 Å². The van der Waals surface area contributed by atoms with Crippen LogP contribution in [0.15, 0.2) is 71.5 Å². The number of nitrogens with one attached hydrogen (secondary N) is 1. The average Bonchev–Trinajstić information content (AvgIpc) is 3.64. The van der Waals surface area contributed by atoms with Crippen LogP contribution in [0.3, 0.4) is 0 Å². The lowest BCUT2D eigenvalue weighted by molar-refractivity contribution is -0.137. The third-order valence-electron chi connectivity index (χ3n) is 7.48. The van der Waals surface area contributed by atoms with Crippen LogP contribution >= 0.6 is 11.3 Å². The Morgan fingerprint density at radius 3 is 2.33 bits per heavy atom. The van der Waals surface area contributed by atoms with Crippen molar-refractivity contribution in [3.63, 3.8) is 0 Å². The number of imidazole rings is 1. The van der Waals surface area contributed by atoms with Crippen molar-refractivity contribution in [3.8, 4) is 0 Å². The molecule has 2 aromatic carbocycles. The molecule has 1 aliphatic heterocycles. The van der Waals surface area contributed by atoms with E-state index in [1.165, 1.54) is 34.8 Å². The number of thiazole rings is 1. The predicted octanol–water partition coefficient (Wildman–Crippen LogP) is 6.64. The Bertz CT molecular complexity index is 1600. The van der Waals surface area contributed by atoms with Crippen molar-refractivity contribution in [3.05, 3.63) is 89.9 Å². The number of alkyl halides is 3. The molecule has 2 atom stereocenters. The first-order valence-corrected chi connectivity index (χ1v) is 15.4. The summed E-state index contributed by atoms with van der Waals surface area (Å²) in [6.07, 6.45) is 1.08. The Morgan fingerprint density at radius 2 is 1.71 bits per heavy atom. The van der Waals surface area contributed by atoms with Crippen LogP contribution < -0.4 is 5.32 Å². The van der Waals surface area contributed by atoms with Gasteiger partial charge in [-0.05, 0) is 67.6 Å². The van der Waals surface area contributed by atoms with Gasteiger partial charge in [0.2, 0.25) is 0 Å². The van der Waals surface area contributed by atoms with Crippen molar-refractivity contribution in [2.45, 2.75) is 42.3 Å². The van der Waals surface area contributed by atoms with Gasteiger partial charge in [0.15, 0.2) is 9.34 Å². The molecule has 8 nitrogen and oxygen atoms in total. The standard InChI is InChI=1S/C28H29F4N5O3S2/c1-18(19-3-7-22(29)8-4-19)37-17-33-15-24(37)26(40-2)20-11-13-36(14-12-20)42(38,39)25-16-34-27(41-25)35-23-9-5-21(6-10-23)28(30,31)32/h3-10,15-18,20,26H,11-14H2,1-2H3,(H,34,35). The number of rotatable bonds is 9. The summed E-state index contributed by atoms with van der Waals surface area (Å²) in [6.45, 7) is 2.57. The first-order valence-electron chi connectivity index (χ1n) is 13.2. The largest absolute Gasteiger partial charge is 0.416 e. The van der Waals surface area contributed by atoms with Crippen molar-refractivity contribution in [2.75, 3.05) is 25.5 Å². The minimum Gasteiger partial charge on any atom is -0.375 e. The molecule has 14 heteroatoms. The summed E-state index contributed by atoms with van der Waals surface area (Å²) < 4.78 is 88.0. The summed E-state index contributed by atoms with van der Waals surface area (Å²) in [6, 6.07) is 10.6. The molecule has 3 heterocycles. The maximum Gasteiger partial charge on any atom is 0.416 e. The highest BCUT2D eigenvalue weighted by molar-refractivity contribution is 7.91. The van der Waals surface area contributed by atoms with Crippen molar-refractivity contribution in [1.29, 1.82) is 0 Å². The summed E-state index contributed by atoms with van der Waals surface area (Å²) in [5.74, 6) is -0.270. The minimum atomic E-state index is -4.44. The fourth-order valence-corrected chi connectivity index (χ4v) is 7.84. The van der Waals surface area contributed by atoms with Crippen LogP contribution in [-0.2, 0) is 20.9 Å². The number of halogens is 4. The Hall–Kier alpha value is -3.33. The quantitative estimate of drug-likeness (QED) is 0.210. The third kappa shape index (κ3) is 6.36. The number of aromatic nitrogens is 3. The predicted molar refractivity (Wildman–Crippen MR) is 151 cm³/mol. The van der Waals surface area contributed by atoms with E-state index in [4.69, 9.17) is 4.74 Å². The van der Waals surface area contributed by atoms with Crippen molar-refractivity contribution in [2.24, 2.45) is 5.92 Å². The first-order chi connectivity index (χ1) is 20.0. The summed E-state index contributed by atoms with van der Waals surface area (Å²) in [7, 11) is -2.20. The van der Waals surface area contributed by atoms with Crippen LogP contribution in [-0.4, -0.2) is 47.5 Å². The summed E-state index contributed by atoms with van der Waals surface area (Å²) in [4.78, 5) is 8.45. The van der Waals surface area contributed by atoms with Crippen molar-refractivity contribution in [1.82, 2.24) is 18.8 Å². The molecule has 2 unspecified atom stereocenters. The van der Waals surface area contributed by atoms with Crippen LogP contribution in [0.5, 0.6) is 0 Å². The highest BCUT2D eigenvalue weighted by atomic mass is 32.2. The van der Waals surface area contributed by atoms with E-state index in [0.717, 1.165) is 34.7 Å². The van der Waals surface area contributed by atoms with Crippen LogP contribution in [0, 0.1) is 11.7 Å². The summed E-state index contributed by atoms with van der Waals surface area (Å²) >= 11 is 0.918. The van der Waals surface area contributed by atoms with Gasteiger partial charge in [-0.25, -0.2) is 22.8 Å². The van der Waals surface area contributed by atoms with E-state index in [1.54, 1.807) is 31.8 Å². The highest BCUT2D eigenvalue weighted by Crippen LogP contribution is 2.38. The van der Waals surface area contributed by atoms with E-state index in [9.17, 15) is 26.0 Å². The highest BCUT2D eigenvalue weighted by Gasteiger charge is 2.36. The van der Waals surface area contributed by atoms with E-state index in [1.807, 2.05) is 11.5 Å². The average molecular weight is 624 g/mol. The third-order valence-corrected chi connectivity index (χ3v) is 10.7. The molecule has 2 aromatic heterocycles. The molecule has 0 aliphatic carbocycles. The molecule has 1 N–H and O–H groups in total. The second kappa shape index (κ2) is 12.1. The molecule has 4 aromatic rings. The molecular formula is C28H29F4N5O3S2. The minimum absolute atomic E-state index is 0.0377. The molecule has 1 saturated heterocycles. The monoisotopic (exact) mass is 623 g/mol. The lowest BCUT2D eigenvalue weighted by atomic mass is 9.90. The number of piperidine rings is 1. The second-order valence-electron chi connectivity index (χ2n) is 10.0. The maximum atomic E-state index is 13.4. The zero-order valence-electron chi connectivity index (χ0n) is 22.8. The van der Waals surface area contributed by atoms with Gasteiger partial charge in [-0.15, -0.1) is 0 Å². The van der Waals surface area contributed by atoms with Crippen LogP contribution in [0.1, 0.15) is 48.7 Å². The van der Waals surface area contributed by atoms with Crippen molar-refractivity contribution >= 4 is 32.2 Å². The number of ether oxygens (including phenoxy) is 1. The molecule has 1 fully saturated rings. The van der Waals surface area contributed by atoms with E-state index < -0.39 is 21.8 Å². The van der Waals surface area contributed by atoms with E-state index in [0.29, 0.717) is 18.5 Å². The zero-order chi connectivity index (χ0) is 30.1. The smallest absolute Gasteiger partial charge is 0.375 e. The number of nitrogens with zero attached hydrogens (tertiary/aromatic N) is 4. The Morgan fingerprint density at radius 1 is 1.05 bits per heavy atom. The van der Waals surface area contributed by atoms with Gasteiger partial charge < -0.3 is 14.6 Å². The lowest BCUT2D eigenvalue weighted by Crippen LogP contribution is -2.40. The van der Waals surface area contributed by atoms with Crippen molar-refractivity contribution < 1.29 is 30.7 Å². The van der Waals surface area contributed by atoms with Gasteiger partial charge in [-0.2, -0.15) is 17.5 Å². The Labute approximate surface area is 245 Å². The SMILES string of the molecule is COC(c1cncn1C(C)c1ccc(F)cc1)C1CCN(S(=O)(=O)c2cnc(Nc3ccc(C(F)(F)F)cc3)s2)CC1. The zero-order valence-corrected chi connectivity index (χ0v) is 24.4. The van der Waals surface area contributed by atoms with Gasteiger partial charge in [0.1, 0.15) is 11.9 Å². The van der Waals surface area contributed by atoms with E-state index in [-0.39, 0.29) is 46.3 Å². The van der Waals surface area contributed by atoms with Gasteiger partial charge in [-0.1, -0.05) is 23.5 Å². The van der Waals surface area contributed by atoms with E-state index >= 15 is 0 Å². The molecule has 0 radical (unpaired) electrons. The fourth-order valence-electron chi connectivity index (χ4n) is 5.16. The molecule has 0 amide bonds. The first kappa shape index (κ1) is 30.1. The molecule has 5 rings (SSSR count). The molecule has 224 valence electrons. The Kier molecular flexibility index (Phi) is 8.69. The van der Waals surface area contributed by atoms with Gasteiger partial charge in [0.25, 0.3) is 10.0 Å². The number of benzene rings is 2. The molecule has 1 aliphatic rings.